The maximum absolute atomic E-state index is 12.0. The minimum atomic E-state index is -0.964. The minimum Gasteiger partial charge on any atom is -0.478 e. The van der Waals surface area contributed by atoms with Crippen LogP contribution in [-0.4, -0.2) is 29.1 Å². The van der Waals surface area contributed by atoms with E-state index in [4.69, 9.17) is 4.74 Å². The van der Waals surface area contributed by atoms with Gasteiger partial charge in [0.1, 0.15) is 5.75 Å². The summed E-state index contributed by atoms with van der Waals surface area (Å²) in [5.41, 5.74) is 2.52. The van der Waals surface area contributed by atoms with Gasteiger partial charge in [0.2, 0.25) is 0 Å². The number of hydrogen-bond donors (Lipinski definition) is 2. The molecule has 3 rings (SSSR count). The highest BCUT2D eigenvalue weighted by Gasteiger charge is 2.21. The predicted octanol–water partition coefficient (Wildman–Crippen LogP) is 6.59. The predicted molar refractivity (Wildman–Crippen MR) is 134 cm³/mol. The summed E-state index contributed by atoms with van der Waals surface area (Å²) in [5.74, 6) is 0.373. The molecule has 0 saturated heterocycles. The van der Waals surface area contributed by atoms with E-state index in [1.165, 1.54) is 0 Å². The highest BCUT2D eigenvalue weighted by atomic mass is 16.5. The van der Waals surface area contributed by atoms with Crippen molar-refractivity contribution in [2.24, 2.45) is 0 Å². The number of nitrogens with one attached hydrogen (secondary N) is 1. The molecule has 1 aromatic heterocycles. The molecular formula is C27H33N3O3. The number of hydrogen-bond acceptors (Lipinski definition) is 5. The summed E-state index contributed by atoms with van der Waals surface area (Å²) in [4.78, 5) is 18.6. The number of rotatable bonds is 13. The monoisotopic (exact) mass is 447 g/mol. The highest BCUT2D eigenvalue weighted by Crippen LogP contribution is 2.41. The fourth-order valence-electron chi connectivity index (χ4n) is 3.56. The van der Waals surface area contributed by atoms with Crippen LogP contribution >= 0.6 is 0 Å². The number of anilines is 2. The average molecular weight is 448 g/mol. The number of benzene rings is 2. The lowest BCUT2D eigenvalue weighted by Gasteiger charge is -2.28. The molecule has 0 amide bonds. The largest absolute Gasteiger partial charge is 0.478 e. The number of para-hydroxylation sites is 1. The Morgan fingerprint density at radius 3 is 2.30 bits per heavy atom. The van der Waals surface area contributed by atoms with Gasteiger partial charge in [-0.3, -0.25) is 4.98 Å². The summed E-state index contributed by atoms with van der Waals surface area (Å²) in [7, 11) is 0. The molecule has 6 nitrogen and oxygen atoms in total. The molecule has 2 N–H and O–H groups in total. The van der Waals surface area contributed by atoms with Crippen LogP contribution in [0.2, 0.25) is 0 Å². The first-order valence-electron chi connectivity index (χ1n) is 11.6. The molecule has 0 aliphatic rings. The van der Waals surface area contributed by atoms with Gasteiger partial charge in [-0.05, 0) is 49.2 Å². The molecule has 0 atom stereocenters. The van der Waals surface area contributed by atoms with Crippen LogP contribution in [0.4, 0.5) is 11.4 Å². The Bertz CT molecular complexity index is 1000. The number of carboxylic acid groups (broad SMARTS) is 1. The van der Waals surface area contributed by atoms with Gasteiger partial charge < -0.3 is 20.1 Å². The number of carboxylic acids is 1. The van der Waals surface area contributed by atoms with Gasteiger partial charge in [-0.15, -0.1) is 0 Å². The smallest absolute Gasteiger partial charge is 0.335 e. The molecule has 1 heterocycles. The molecule has 0 bridgehead atoms. The van der Waals surface area contributed by atoms with E-state index in [9.17, 15) is 9.90 Å². The van der Waals surface area contributed by atoms with Crippen molar-refractivity contribution in [3.8, 4) is 11.5 Å². The quantitative estimate of drug-likeness (QED) is 0.308. The molecule has 3 aromatic rings. The van der Waals surface area contributed by atoms with Crippen molar-refractivity contribution in [3.63, 3.8) is 0 Å². The fraction of sp³-hybridized carbons (Fsp3) is 0.333. The normalized spacial score (nSPS) is 10.6. The number of carbonyl (C=O) groups is 1. The van der Waals surface area contributed by atoms with E-state index in [-0.39, 0.29) is 5.56 Å². The maximum Gasteiger partial charge on any atom is 0.335 e. The van der Waals surface area contributed by atoms with Crippen LogP contribution in [-0.2, 0) is 6.54 Å². The maximum atomic E-state index is 12.0. The van der Waals surface area contributed by atoms with Crippen molar-refractivity contribution in [2.75, 3.05) is 23.3 Å². The third-order valence-electron chi connectivity index (χ3n) is 5.37. The zero-order chi connectivity index (χ0) is 23.5. The first-order valence-corrected chi connectivity index (χ1v) is 11.6. The molecule has 0 spiro atoms. The van der Waals surface area contributed by atoms with Gasteiger partial charge in [0.05, 0.1) is 29.2 Å². The van der Waals surface area contributed by atoms with Crippen LogP contribution in [0.15, 0.2) is 66.9 Å². The number of ether oxygens (including phenoxy) is 1. The third kappa shape index (κ3) is 6.97. The lowest BCUT2D eigenvalue weighted by molar-refractivity contribution is 0.0697. The number of nitrogens with zero attached hydrogens (tertiary/aromatic N) is 2. The Hall–Kier alpha value is -3.54. The standard InChI is InChI=1S/C27H33N3O3/c1-3-5-16-30(17-6-4-2)25-19-21(27(31)32)18-24(29-20-22-12-10-11-15-28-22)26(25)33-23-13-8-7-9-14-23/h7-15,18-19,29H,3-6,16-17,20H2,1-2H3,(H,31,32). The van der Waals surface area contributed by atoms with Gasteiger partial charge in [-0.1, -0.05) is 51.0 Å². The van der Waals surface area contributed by atoms with Gasteiger partial charge >= 0.3 is 5.97 Å². The second-order valence-electron chi connectivity index (χ2n) is 7.96. The van der Waals surface area contributed by atoms with Crippen molar-refractivity contribution >= 4 is 17.3 Å². The molecule has 0 saturated carbocycles. The summed E-state index contributed by atoms with van der Waals surface area (Å²) < 4.78 is 6.39. The Morgan fingerprint density at radius 2 is 1.70 bits per heavy atom. The lowest BCUT2D eigenvalue weighted by atomic mass is 10.1. The van der Waals surface area contributed by atoms with Crippen molar-refractivity contribution < 1.29 is 14.6 Å². The molecule has 174 valence electrons. The minimum absolute atomic E-state index is 0.229. The van der Waals surface area contributed by atoms with Gasteiger partial charge in [0.25, 0.3) is 0 Å². The Kier molecular flexibility index (Phi) is 9.12. The first kappa shape index (κ1) is 24.1. The highest BCUT2D eigenvalue weighted by molar-refractivity contribution is 5.92. The summed E-state index contributed by atoms with van der Waals surface area (Å²) in [5, 5.41) is 13.2. The van der Waals surface area contributed by atoms with Crippen LogP contribution in [0.3, 0.4) is 0 Å². The van der Waals surface area contributed by atoms with E-state index in [2.05, 4.69) is 29.0 Å². The SMILES string of the molecule is CCCCN(CCCC)c1cc(C(=O)O)cc(NCc2ccccn2)c1Oc1ccccc1. The van der Waals surface area contributed by atoms with Crippen LogP contribution < -0.4 is 15.0 Å². The number of pyridine rings is 1. The Morgan fingerprint density at radius 1 is 1.00 bits per heavy atom. The van der Waals surface area contributed by atoms with Crippen LogP contribution in [0.1, 0.15) is 55.6 Å². The van der Waals surface area contributed by atoms with Crippen LogP contribution in [0.5, 0.6) is 11.5 Å². The summed E-state index contributed by atoms with van der Waals surface area (Å²) >= 11 is 0. The number of aromatic carboxylic acids is 1. The summed E-state index contributed by atoms with van der Waals surface area (Å²) in [6.45, 7) is 6.45. The van der Waals surface area contributed by atoms with Crippen molar-refractivity contribution in [2.45, 2.75) is 46.1 Å². The average Bonchev–Trinajstić information content (AvgIpc) is 2.84. The third-order valence-corrected chi connectivity index (χ3v) is 5.37. The van der Waals surface area contributed by atoms with Gasteiger partial charge in [0, 0.05) is 19.3 Å². The molecule has 0 aliphatic carbocycles. The van der Waals surface area contributed by atoms with Crippen LogP contribution in [0, 0.1) is 0 Å². The summed E-state index contributed by atoms with van der Waals surface area (Å²) in [6, 6.07) is 18.7. The second-order valence-corrected chi connectivity index (χ2v) is 7.96. The molecule has 0 radical (unpaired) electrons. The van der Waals surface area contributed by atoms with E-state index in [0.717, 1.165) is 50.2 Å². The van der Waals surface area contributed by atoms with E-state index < -0.39 is 5.97 Å². The Labute approximate surface area is 196 Å². The second kappa shape index (κ2) is 12.5. The zero-order valence-corrected chi connectivity index (χ0v) is 19.5. The van der Waals surface area contributed by atoms with Gasteiger partial charge in [0.15, 0.2) is 5.75 Å². The molecule has 2 aromatic carbocycles. The molecule has 0 fully saturated rings. The van der Waals surface area contributed by atoms with Crippen LogP contribution in [0.25, 0.3) is 0 Å². The van der Waals surface area contributed by atoms with E-state index in [1.54, 1.807) is 18.3 Å². The number of aromatic nitrogens is 1. The zero-order valence-electron chi connectivity index (χ0n) is 19.5. The number of unbranched alkanes of at least 4 members (excludes halogenated alkanes) is 2. The molecule has 33 heavy (non-hydrogen) atoms. The molecule has 0 aliphatic heterocycles. The molecule has 6 heteroatoms. The summed E-state index contributed by atoms with van der Waals surface area (Å²) in [6.07, 6.45) is 5.89. The van der Waals surface area contributed by atoms with E-state index in [1.807, 2.05) is 48.5 Å². The lowest BCUT2D eigenvalue weighted by Crippen LogP contribution is -2.26. The van der Waals surface area contributed by atoms with E-state index in [0.29, 0.717) is 23.7 Å². The molecule has 0 unspecified atom stereocenters. The first-order chi connectivity index (χ1) is 16.1. The topological polar surface area (TPSA) is 74.7 Å². The van der Waals surface area contributed by atoms with Crippen molar-refractivity contribution in [1.82, 2.24) is 4.98 Å². The van der Waals surface area contributed by atoms with Gasteiger partial charge in [-0.2, -0.15) is 0 Å². The Balaban J connectivity index is 2.07. The molecular weight excluding hydrogens is 414 g/mol. The van der Waals surface area contributed by atoms with Crippen molar-refractivity contribution in [1.29, 1.82) is 0 Å². The fourth-order valence-corrected chi connectivity index (χ4v) is 3.56. The van der Waals surface area contributed by atoms with E-state index >= 15 is 0 Å². The van der Waals surface area contributed by atoms with Gasteiger partial charge in [-0.25, -0.2) is 4.79 Å². The van der Waals surface area contributed by atoms with Crippen molar-refractivity contribution in [3.05, 3.63) is 78.1 Å².